The van der Waals surface area contributed by atoms with Crippen molar-refractivity contribution in [3.63, 3.8) is 0 Å². The maximum atomic E-state index is 10.7. The SMILES string of the molecule is NCc1ccccc1C(O)CN1CCNCC1c1ccccc1. The molecule has 0 amide bonds. The standard InChI is InChI=1S/C19H25N3O/c20-12-16-8-4-5-9-17(16)19(23)14-22-11-10-21-13-18(22)15-6-2-1-3-7-15/h1-9,18-19,21,23H,10-14,20H2. The van der Waals surface area contributed by atoms with Gasteiger partial charge in [0.15, 0.2) is 0 Å². The minimum atomic E-state index is -0.515. The highest BCUT2D eigenvalue weighted by Gasteiger charge is 2.26. The maximum Gasteiger partial charge on any atom is 0.0920 e. The minimum absolute atomic E-state index is 0.296. The summed E-state index contributed by atoms with van der Waals surface area (Å²) in [6.07, 6.45) is -0.515. The number of β-amino-alcohol motifs (C(OH)–C–C–N with tert-alkyl or cyclic N) is 1. The number of nitrogens with one attached hydrogen (secondary N) is 1. The van der Waals surface area contributed by atoms with Gasteiger partial charge in [-0.25, -0.2) is 0 Å². The molecule has 23 heavy (non-hydrogen) atoms. The summed E-state index contributed by atoms with van der Waals surface area (Å²) in [6.45, 7) is 3.88. The number of benzene rings is 2. The minimum Gasteiger partial charge on any atom is -0.387 e. The molecule has 4 nitrogen and oxygen atoms in total. The smallest absolute Gasteiger partial charge is 0.0920 e. The van der Waals surface area contributed by atoms with Gasteiger partial charge >= 0.3 is 0 Å². The van der Waals surface area contributed by atoms with Crippen molar-refractivity contribution in [3.05, 3.63) is 71.3 Å². The Balaban J connectivity index is 1.76. The van der Waals surface area contributed by atoms with Crippen LogP contribution in [0.15, 0.2) is 54.6 Å². The first-order valence-electron chi connectivity index (χ1n) is 8.25. The van der Waals surface area contributed by atoms with Crippen molar-refractivity contribution in [2.75, 3.05) is 26.2 Å². The molecule has 0 aliphatic carbocycles. The van der Waals surface area contributed by atoms with Crippen LogP contribution in [0.2, 0.25) is 0 Å². The van der Waals surface area contributed by atoms with Crippen LogP contribution >= 0.6 is 0 Å². The first-order chi connectivity index (χ1) is 11.3. The molecule has 0 radical (unpaired) electrons. The number of nitrogens with two attached hydrogens (primary N) is 1. The van der Waals surface area contributed by atoms with E-state index in [0.717, 1.165) is 30.8 Å². The molecule has 2 aromatic carbocycles. The molecule has 4 N–H and O–H groups in total. The number of piperazine rings is 1. The van der Waals surface area contributed by atoms with Crippen LogP contribution in [0, 0.1) is 0 Å². The predicted octanol–water partition coefficient (Wildman–Crippen LogP) is 1.83. The zero-order valence-electron chi connectivity index (χ0n) is 13.4. The van der Waals surface area contributed by atoms with E-state index in [9.17, 15) is 5.11 Å². The molecule has 0 spiro atoms. The number of hydrogen-bond donors (Lipinski definition) is 3. The molecular weight excluding hydrogens is 286 g/mol. The lowest BCUT2D eigenvalue weighted by Crippen LogP contribution is -2.47. The highest BCUT2D eigenvalue weighted by molar-refractivity contribution is 5.29. The molecule has 1 aliphatic heterocycles. The van der Waals surface area contributed by atoms with E-state index in [1.54, 1.807) is 0 Å². The van der Waals surface area contributed by atoms with Crippen LogP contribution in [0.3, 0.4) is 0 Å². The largest absolute Gasteiger partial charge is 0.387 e. The van der Waals surface area contributed by atoms with Crippen molar-refractivity contribution in [2.45, 2.75) is 18.7 Å². The topological polar surface area (TPSA) is 61.5 Å². The average molecular weight is 311 g/mol. The Hall–Kier alpha value is -1.72. The van der Waals surface area contributed by atoms with Crippen LogP contribution in [0.25, 0.3) is 0 Å². The van der Waals surface area contributed by atoms with Gasteiger partial charge in [0, 0.05) is 38.8 Å². The van der Waals surface area contributed by atoms with Crippen LogP contribution in [-0.4, -0.2) is 36.2 Å². The van der Waals surface area contributed by atoms with Gasteiger partial charge in [-0.1, -0.05) is 54.6 Å². The summed E-state index contributed by atoms with van der Waals surface area (Å²) in [5.74, 6) is 0. The van der Waals surface area contributed by atoms with E-state index < -0.39 is 6.10 Å². The maximum absolute atomic E-state index is 10.7. The van der Waals surface area contributed by atoms with Gasteiger partial charge in [-0.3, -0.25) is 4.90 Å². The van der Waals surface area contributed by atoms with E-state index in [4.69, 9.17) is 5.73 Å². The zero-order chi connectivity index (χ0) is 16.1. The Labute approximate surface area is 137 Å². The van der Waals surface area contributed by atoms with Crippen molar-refractivity contribution < 1.29 is 5.11 Å². The van der Waals surface area contributed by atoms with Crippen LogP contribution in [-0.2, 0) is 6.54 Å². The average Bonchev–Trinajstić information content (AvgIpc) is 2.63. The Morgan fingerprint density at radius 3 is 2.65 bits per heavy atom. The predicted molar refractivity (Wildman–Crippen MR) is 92.9 cm³/mol. The summed E-state index contributed by atoms with van der Waals surface area (Å²) in [5.41, 5.74) is 9.06. The number of nitrogens with zero attached hydrogens (tertiary/aromatic N) is 1. The lowest BCUT2D eigenvalue weighted by atomic mass is 9.99. The molecule has 3 rings (SSSR count). The molecule has 4 heteroatoms. The Bertz CT molecular complexity index is 617. The molecule has 0 bridgehead atoms. The van der Waals surface area contributed by atoms with E-state index in [1.165, 1.54) is 5.56 Å². The van der Waals surface area contributed by atoms with Crippen molar-refractivity contribution in [1.29, 1.82) is 0 Å². The van der Waals surface area contributed by atoms with Gasteiger partial charge in [0.1, 0.15) is 0 Å². The molecule has 1 fully saturated rings. The van der Waals surface area contributed by atoms with E-state index in [-0.39, 0.29) is 0 Å². The first-order valence-corrected chi connectivity index (χ1v) is 8.25. The van der Waals surface area contributed by atoms with Crippen molar-refractivity contribution in [2.24, 2.45) is 5.73 Å². The zero-order valence-corrected chi connectivity index (χ0v) is 13.4. The molecule has 2 unspecified atom stereocenters. The molecule has 0 saturated carbocycles. The van der Waals surface area contributed by atoms with Gasteiger partial charge in [0.05, 0.1) is 6.10 Å². The third kappa shape index (κ3) is 3.79. The molecule has 0 aromatic heterocycles. The van der Waals surface area contributed by atoms with E-state index >= 15 is 0 Å². The molecule has 2 aromatic rings. The fourth-order valence-electron chi connectivity index (χ4n) is 3.33. The number of hydrogen-bond acceptors (Lipinski definition) is 4. The van der Waals surface area contributed by atoms with Crippen LogP contribution in [0.1, 0.15) is 28.8 Å². The van der Waals surface area contributed by atoms with Gasteiger partial charge in [0.25, 0.3) is 0 Å². The summed E-state index contributed by atoms with van der Waals surface area (Å²) in [7, 11) is 0. The van der Waals surface area contributed by atoms with Gasteiger partial charge in [0.2, 0.25) is 0 Å². The molecule has 122 valence electrons. The highest BCUT2D eigenvalue weighted by atomic mass is 16.3. The second-order valence-corrected chi connectivity index (χ2v) is 6.04. The fraction of sp³-hybridized carbons (Fsp3) is 0.368. The molecule has 1 aliphatic rings. The summed E-state index contributed by atoms with van der Waals surface area (Å²) >= 11 is 0. The molecular formula is C19H25N3O. The fourth-order valence-corrected chi connectivity index (χ4v) is 3.33. The lowest BCUT2D eigenvalue weighted by Gasteiger charge is -2.38. The third-order valence-electron chi connectivity index (χ3n) is 4.58. The van der Waals surface area contributed by atoms with Crippen LogP contribution in [0.5, 0.6) is 0 Å². The summed E-state index contributed by atoms with van der Waals surface area (Å²) in [4.78, 5) is 2.36. The quantitative estimate of drug-likeness (QED) is 0.788. The number of aliphatic hydroxyl groups excluding tert-OH is 1. The van der Waals surface area contributed by atoms with Crippen molar-refractivity contribution >= 4 is 0 Å². The van der Waals surface area contributed by atoms with Crippen molar-refractivity contribution in [3.8, 4) is 0 Å². The van der Waals surface area contributed by atoms with Crippen LogP contribution in [0.4, 0.5) is 0 Å². The first kappa shape index (κ1) is 16.1. The Morgan fingerprint density at radius 1 is 1.13 bits per heavy atom. The molecule has 1 saturated heterocycles. The third-order valence-corrected chi connectivity index (χ3v) is 4.58. The molecule has 2 atom stereocenters. The second-order valence-electron chi connectivity index (χ2n) is 6.04. The summed E-state index contributed by atoms with van der Waals surface area (Å²) in [5, 5.41) is 14.2. The van der Waals surface area contributed by atoms with Gasteiger partial charge in [-0.05, 0) is 16.7 Å². The summed E-state index contributed by atoms with van der Waals surface area (Å²) in [6, 6.07) is 18.7. The summed E-state index contributed by atoms with van der Waals surface area (Å²) < 4.78 is 0. The highest BCUT2D eigenvalue weighted by Crippen LogP contribution is 2.26. The normalized spacial score (nSPS) is 20.3. The molecule has 1 heterocycles. The number of aliphatic hydroxyl groups is 1. The Kier molecular flexibility index (Phi) is 5.41. The van der Waals surface area contributed by atoms with E-state index in [2.05, 4.69) is 34.5 Å². The van der Waals surface area contributed by atoms with E-state index in [1.807, 2.05) is 30.3 Å². The van der Waals surface area contributed by atoms with E-state index in [0.29, 0.717) is 19.1 Å². The monoisotopic (exact) mass is 311 g/mol. The lowest BCUT2D eigenvalue weighted by molar-refractivity contribution is 0.0728. The second kappa shape index (κ2) is 7.70. The van der Waals surface area contributed by atoms with Gasteiger partial charge < -0.3 is 16.2 Å². The van der Waals surface area contributed by atoms with Crippen LogP contribution < -0.4 is 11.1 Å². The Morgan fingerprint density at radius 2 is 1.87 bits per heavy atom. The van der Waals surface area contributed by atoms with Gasteiger partial charge in [-0.2, -0.15) is 0 Å². The van der Waals surface area contributed by atoms with Gasteiger partial charge in [-0.15, -0.1) is 0 Å². The number of rotatable bonds is 5. The van der Waals surface area contributed by atoms with Crippen molar-refractivity contribution in [1.82, 2.24) is 10.2 Å².